The van der Waals surface area contributed by atoms with Crippen LogP contribution in [0.4, 0.5) is 0 Å². The molecular formula is C34H33OP. The van der Waals surface area contributed by atoms with Gasteiger partial charge in [0.2, 0.25) is 0 Å². The molecular weight excluding hydrogens is 455 g/mol. The summed E-state index contributed by atoms with van der Waals surface area (Å²) in [4.78, 5) is 0. The van der Waals surface area contributed by atoms with Crippen molar-refractivity contribution in [3.63, 3.8) is 0 Å². The van der Waals surface area contributed by atoms with E-state index in [-0.39, 0.29) is 17.7 Å². The first-order chi connectivity index (χ1) is 17.6. The molecule has 6 rings (SSSR count). The second-order valence-corrected chi connectivity index (χ2v) is 14.8. The van der Waals surface area contributed by atoms with Gasteiger partial charge in [0.05, 0.1) is 0 Å². The van der Waals surface area contributed by atoms with Crippen LogP contribution in [-0.2, 0) is 4.52 Å². The molecule has 36 heavy (non-hydrogen) atoms. The van der Waals surface area contributed by atoms with Gasteiger partial charge >= 0.3 is 215 Å². The number of aryl methyl sites for hydroxylation is 3. The zero-order valence-corrected chi connectivity index (χ0v) is 22.1. The van der Waals surface area contributed by atoms with Gasteiger partial charge in [-0.05, 0) is 0 Å². The Kier molecular flexibility index (Phi) is 5.60. The summed E-state index contributed by atoms with van der Waals surface area (Å²) in [7, 11) is 0. The molecule has 0 spiro atoms. The van der Waals surface area contributed by atoms with E-state index < -0.39 is 6.83 Å². The van der Waals surface area contributed by atoms with Gasteiger partial charge in [-0.25, -0.2) is 0 Å². The summed E-state index contributed by atoms with van der Waals surface area (Å²) in [6.45, 7) is 3.23. The first-order valence-electron chi connectivity index (χ1n) is 12.9. The van der Waals surface area contributed by atoms with E-state index in [4.69, 9.17) is 4.52 Å². The van der Waals surface area contributed by atoms with Gasteiger partial charge in [-0.1, -0.05) is 0 Å². The molecule has 0 radical (unpaired) electrons. The summed E-state index contributed by atoms with van der Waals surface area (Å²) < 4.78 is 7.96. The number of hydrogen-bond acceptors (Lipinski definition) is 1. The number of rotatable bonds is 4. The van der Waals surface area contributed by atoms with E-state index in [1.807, 2.05) is 0 Å². The van der Waals surface area contributed by atoms with Crippen LogP contribution in [0, 0.1) is 26.7 Å². The molecule has 3 atom stereocenters. The van der Waals surface area contributed by atoms with Gasteiger partial charge in [-0.15, -0.1) is 0 Å². The Balaban J connectivity index is 1.77. The quantitative estimate of drug-likeness (QED) is 0.275. The van der Waals surface area contributed by atoms with Gasteiger partial charge in [-0.2, -0.15) is 0 Å². The Morgan fingerprint density at radius 1 is 0.583 bits per heavy atom. The van der Waals surface area contributed by atoms with E-state index >= 15 is 0 Å². The fourth-order valence-corrected chi connectivity index (χ4v) is 13.7. The fraction of sp³-hybridized carbons (Fsp3) is 0.176. The van der Waals surface area contributed by atoms with Crippen LogP contribution in [0.15, 0.2) is 127 Å². The maximum atomic E-state index is 7.96. The number of allylic oxidation sites excluding steroid dienone is 3. The third-order valence-corrected chi connectivity index (χ3v) is 14.5. The fourth-order valence-electron chi connectivity index (χ4n) is 6.97. The van der Waals surface area contributed by atoms with Gasteiger partial charge in [0.15, 0.2) is 0 Å². The third-order valence-electron chi connectivity index (χ3n) is 8.23. The Labute approximate surface area is 215 Å². The van der Waals surface area contributed by atoms with E-state index in [0.29, 0.717) is 0 Å². The summed E-state index contributed by atoms with van der Waals surface area (Å²) in [5.74, 6) is 0.230. The Bertz CT molecular complexity index is 1330. The molecule has 4 aromatic carbocycles. The van der Waals surface area contributed by atoms with Crippen molar-refractivity contribution in [1.82, 2.24) is 0 Å². The molecule has 1 aliphatic heterocycles. The van der Waals surface area contributed by atoms with Crippen molar-refractivity contribution in [1.29, 1.82) is 0 Å². The molecule has 2 heteroatoms. The molecule has 1 nitrogen and oxygen atoms in total. The summed E-state index contributed by atoms with van der Waals surface area (Å²) in [5, 5.41) is 3.88. The molecule has 0 bridgehead atoms. The van der Waals surface area contributed by atoms with E-state index in [2.05, 4.69) is 148 Å². The summed E-state index contributed by atoms with van der Waals surface area (Å²) >= 11 is 0. The zero-order valence-electron chi connectivity index (χ0n) is 21.2. The second kappa shape index (κ2) is 8.70. The molecule has 0 N–H and O–H groups in total. The summed E-state index contributed by atoms with van der Waals surface area (Å²) in [6, 6.07) is 37.8. The van der Waals surface area contributed by atoms with Crippen LogP contribution in [0.5, 0.6) is 0 Å². The van der Waals surface area contributed by atoms with Crippen molar-refractivity contribution in [3.05, 3.63) is 150 Å². The van der Waals surface area contributed by atoms with E-state index in [0.717, 1.165) is 0 Å². The van der Waals surface area contributed by atoms with Crippen LogP contribution in [0.1, 0.15) is 28.4 Å². The molecule has 0 amide bonds. The molecule has 2 aliphatic rings. The van der Waals surface area contributed by atoms with Gasteiger partial charge in [0.25, 0.3) is 0 Å². The van der Waals surface area contributed by atoms with Crippen molar-refractivity contribution in [2.45, 2.75) is 32.5 Å². The molecule has 4 aromatic rings. The van der Waals surface area contributed by atoms with Crippen molar-refractivity contribution < 1.29 is 4.52 Å². The number of fused-ring (bicyclic) bond motifs is 1. The van der Waals surface area contributed by atoms with Crippen molar-refractivity contribution >= 4 is 22.7 Å². The van der Waals surface area contributed by atoms with Crippen LogP contribution >= 0.6 is 6.83 Å². The van der Waals surface area contributed by atoms with Crippen molar-refractivity contribution in [2.24, 2.45) is 5.92 Å². The molecule has 1 saturated heterocycles. The Morgan fingerprint density at radius 3 is 1.50 bits per heavy atom. The van der Waals surface area contributed by atoms with Gasteiger partial charge < -0.3 is 0 Å². The minimum atomic E-state index is -3.45. The second-order valence-electron chi connectivity index (χ2n) is 10.3. The Morgan fingerprint density at radius 2 is 1.03 bits per heavy atom. The first kappa shape index (κ1) is 23.2. The Hall–Kier alpha value is -3.25. The van der Waals surface area contributed by atoms with Gasteiger partial charge in [-0.3, -0.25) is 0 Å². The first-order valence-corrected chi connectivity index (χ1v) is 15.1. The summed E-state index contributed by atoms with van der Waals surface area (Å²) in [5.41, 5.74) is 5.45. The average Bonchev–Trinajstić information content (AvgIpc) is 3.23. The number of hydrogen-bond donors (Lipinski definition) is 0. The third kappa shape index (κ3) is 3.10. The molecule has 1 aliphatic carbocycles. The predicted molar refractivity (Wildman–Crippen MR) is 155 cm³/mol. The van der Waals surface area contributed by atoms with Crippen LogP contribution in [0.25, 0.3) is 0 Å². The minimum absolute atomic E-state index is 0.0462. The average molecular weight is 489 g/mol. The SMILES string of the molecule is Cc1cc(C)c([C@@H]2OP(c3ccccc3)(c3ccccc3)(c3ccccc3)C3C=CC=CC32)c(C)c1. The van der Waals surface area contributed by atoms with Crippen LogP contribution in [0.3, 0.4) is 0 Å². The monoisotopic (exact) mass is 488 g/mol. The maximum absolute atomic E-state index is 7.96. The standard InChI is InChI=1S/C34H33OP/c1-25-23-26(2)33(27(3)24-25)34-31-21-13-14-22-32(31)36(35-34,28-15-7-4-8-16-28,29-17-9-5-10-18-29)30-19-11-6-12-20-30/h4-24,31-32,34H,1-3H3/t31?,32?,34-/m1/s1. The molecule has 1 fully saturated rings. The number of benzene rings is 4. The molecule has 180 valence electrons. The zero-order chi connectivity index (χ0) is 24.8. The van der Waals surface area contributed by atoms with Crippen LogP contribution < -0.4 is 15.9 Å². The summed E-state index contributed by atoms with van der Waals surface area (Å²) in [6.07, 6.45) is 9.24. The van der Waals surface area contributed by atoms with Gasteiger partial charge in [0, 0.05) is 0 Å². The van der Waals surface area contributed by atoms with Crippen LogP contribution in [0.2, 0.25) is 0 Å². The molecule has 1 heterocycles. The van der Waals surface area contributed by atoms with E-state index in [9.17, 15) is 0 Å². The van der Waals surface area contributed by atoms with Crippen molar-refractivity contribution in [2.75, 3.05) is 0 Å². The van der Waals surface area contributed by atoms with Gasteiger partial charge in [0.1, 0.15) is 0 Å². The van der Waals surface area contributed by atoms with E-state index in [1.54, 1.807) is 0 Å². The van der Waals surface area contributed by atoms with Crippen molar-refractivity contribution in [3.8, 4) is 0 Å². The molecule has 0 saturated carbocycles. The topological polar surface area (TPSA) is 9.23 Å². The van der Waals surface area contributed by atoms with E-state index in [1.165, 1.54) is 38.2 Å². The predicted octanol–water partition coefficient (Wildman–Crippen LogP) is 7.24. The van der Waals surface area contributed by atoms with Crippen LogP contribution in [-0.4, -0.2) is 5.66 Å². The molecule has 0 aromatic heterocycles. The normalized spacial score (nSPS) is 24.5. The molecule has 2 unspecified atom stereocenters.